The van der Waals surface area contributed by atoms with Crippen LogP contribution < -0.4 is 14.3 Å². The van der Waals surface area contributed by atoms with Crippen molar-refractivity contribution in [1.29, 1.82) is 0 Å². The lowest BCUT2D eigenvalue weighted by Gasteiger charge is -2.36. The Hall–Kier alpha value is -2.59. The molecular weight excluding hydrogens is 440 g/mol. The van der Waals surface area contributed by atoms with Gasteiger partial charge in [-0.2, -0.15) is 13.5 Å². The molecule has 0 unspecified atom stereocenters. The second-order valence-electron chi connectivity index (χ2n) is 9.47. The zero-order valence-electron chi connectivity index (χ0n) is 19.3. The van der Waals surface area contributed by atoms with Gasteiger partial charge in [0.05, 0.1) is 6.04 Å². The number of nitrogens with zero attached hydrogens (tertiary/aromatic N) is 4. The summed E-state index contributed by atoms with van der Waals surface area (Å²) in [4.78, 5) is 15.2. The second-order valence-corrected chi connectivity index (χ2v) is 11.0. The van der Waals surface area contributed by atoms with Crippen LogP contribution in [0.25, 0.3) is 0 Å². The number of carbonyl (C=O) groups excluding carboxylic acids is 1. The fourth-order valence-electron chi connectivity index (χ4n) is 5.53. The summed E-state index contributed by atoms with van der Waals surface area (Å²) in [5.74, 6) is 0.328. The van der Waals surface area contributed by atoms with Gasteiger partial charge in [0.15, 0.2) is 5.82 Å². The number of benzene rings is 1. The Labute approximate surface area is 195 Å². The van der Waals surface area contributed by atoms with Crippen LogP contribution in [-0.2, 0) is 42.9 Å². The summed E-state index contributed by atoms with van der Waals surface area (Å²) >= 11 is 0. The fraction of sp³-hybridized carbons (Fsp3) is 0.565. The van der Waals surface area contributed by atoms with Gasteiger partial charge < -0.3 is 10.2 Å². The highest BCUT2D eigenvalue weighted by molar-refractivity contribution is 7.91. The normalized spacial score (nSPS) is 18.7. The predicted octanol–water partition coefficient (Wildman–Crippen LogP) is 2.36. The first-order chi connectivity index (χ1) is 15.8. The Morgan fingerprint density at radius 3 is 2.27 bits per heavy atom. The van der Waals surface area contributed by atoms with Crippen LogP contribution in [-0.4, -0.2) is 55.3 Å². The summed E-state index contributed by atoms with van der Waals surface area (Å²) in [5.41, 5.74) is 5.74. The molecule has 2 aliphatic carbocycles. The molecule has 0 saturated carbocycles. The maximum Gasteiger partial charge on any atom is 0.334 e. The molecule has 9 nitrogen and oxygen atoms in total. The van der Waals surface area contributed by atoms with Crippen molar-refractivity contribution in [2.45, 2.75) is 57.4 Å². The number of hydrogen-bond donors (Lipinski definition) is 2. The number of carbonyl (C=O) groups is 1. The van der Waals surface area contributed by atoms with Gasteiger partial charge in [0, 0.05) is 25.0 Å². The summed E-state index contributed by atoms with van der Waals surface area (Å²) in [6, 6.07) is 2.99. The lowest BCUT2D eigenvalue weighted by atomic mass is 9.99. The molecule has 2 heterocycles. The van der Waals surface area contributed by atoms with E-state index in [2.05, 4.69) is 26.1 Å². The van der Waals surface area contributed by atoms with Gasteiger partial charge in [0.1, 0.15) is 0 Å². The third kappa shape index (κ3) is 4.33. The first kappa shape index (κ1) is 22.2. The average molecular weight is 473 g/mol. The van der Waals surface area contributed by atoms with Crippen molar-refractivity contribution in [3.63, 3.8) is 0 Å². The molecule has 1 saturated heterocycles. The number of aromatic nitrogens is 2. The Morgan fingerprint density at radius 1 is 1.06 bits per heavy atom. The van der Waals surface area contributed by atoms with Crippen molar-refractivity contribution in [3.05, 3.63) is 40.6 Å². The number of rotatable bonds is 5. The minimum atomic E-state index is -4.15. The molecule has 3 aliphatic rings. The number of anilines is 2. The Bertz CT molecular complexity index is 1130. The van der Waals surface area contributed by atoms with Gasteiger partial charge in [-0.05, 0) is 93.8 Å². The summed E-state index contributed by atoms with van der Waals surface area (Å²) in [7, 11) is -0.374. The molecule has 2 aromatic rings. The molecule has 178 valence electrons. The highest BCUT2D eigenvalue weighted by Gasteiger charge is 2.35. The van der Waals surface area contributed by atoms with Crippen molar-refractivity contribution >= 4 is 27.7 Å². The molecule has 1 aromatic heterocycles. The average Bonchev–Trinajstić information content (AvgIpc) is 3.50. The third-order valence-corrected chi connectivity index (χ3v) is 8.58. The van der Waals surface area contributed by atoms with E-state index in [1.807, 2.05) is 7.05 Å². The minimum Gasteiger partial charge on any atom is -0.307 e. The molecule has 33 heavy (non-hydrogen) atoms. The van der Waals surface area contributed by atoms with Crippen molar-refractivity contribution in [2.75, 3.05) is 29.8 Å². The van der Waals surface area contributed by atoms with E-state index in [9.17, 15) is 13.2 Å². The topological polar surface area (TPSA) is 99.6 Å². The molecule has 10 heteroatoms. The smallest absolute Gasteiger partial charge is 0.307 e. The maximum absolute atomic E-state index is 13.5. The third-order valence-electron chi connectivity index (χ3n) is 7.14. The molecule has 0 radical (unpaired) electrons. The van der Waals surface area contributed by atoms with E-state index in [1.54, 1.807) is 24.0 Å². The van der Waals surface area contributed by atoms with Gasteiger partial charge in [-0.1, -0.05) is 6.07 Å². The molecule has 1 fully saturated rings. The Morgan fingerprint density at radius 2 is 1.70 bits per heavy atom. The van der Waals surface area contributed by atoms with Crippen LogP contribution in [0.3, 0.4) is 0 Å². The zero-order chi connectivity index (χ0) is 23.2. The largest absolute Gasteiger partial charge is 0.334 e. The Kier molecular flexibility index (Phi) is 5.82. The van der Waals surface area contributed by atoms with Crippen LogP contribution in [0.1, 0.15) is 47.9 Å². The Balaban J connectivity index is 1.40. The van der Waals surface area contributed by atoms with E-state index < -0.39 is 16.2 Å². The lowest BCUT2D eigenvalue weighted by molar-refractivity contribution is 0.254. The van der Waals surface area contributed by atoms with Gasteiger partial charge >= 0.3 is 16.2 Å². The van der Waals surface area contributed by atoms with E-state index in [1.165, 1.54) is 26.6 Å². The zero-order valence-corrected chi connectivity index (χ0v) is 20.1. The molecule has 5 rings (SSSR count). The molecule has 2 N–H and O–H groups in total. The molecule has 2 amide bonds. The second kappa shape index (κ2) is 8.64. The predicted molar refractivity (Wildman–Crippen MR) is 128 cm³/mol. The van der Waals surface area contributed by atoms with Crippen LogP contribution in [0.5, 0.6) is 0 Å². The van der Waals surface area contributed by atoms with Gasteiger partial charge in [-0.3, -0.25) is 4.68 Å². The molecule has 0 atom stereocenters. The van der Waals surface area contributed by atoms with Gasteiger partial charge in [-0.25, -0.2) is 13.8 Å². The standard InChI is InChI=1S/C23H32N6O3S/c1-27-12-9-18(10-13-27)29(21-11-14-28(2)25-21)33(31,32)26-23(30)24-22-19-7-3-5-16(19)15-17-6-4-8-20(17)22/h11,14-15,18H,3-10,12-13H2,1-2H3,(H2,24,26,30). The number of fused-ring (bicyclic) bond motifs is 2. The van der Waals surface area contributed by atoms with Crippen molar-refractivity contribution in [2.24, 2.45) is 7.05 Å². The van der Waals surface area contributed by atoms with E-state index in [-0.39, 0.29) is 6.04 Å². The van der Waals surface area contributed by atoms with Crippen LogP contribution in [0.15, 0.2) is 18.3 Å². The molecule has 1 aliphatic heterocycles. The maximum atomic E-state index is 13.5. The molecule has 0 bridgehead atoms. The van der Waals surface area contributed by atoms with Gasteiger partial charge in [0.25, 0.3) is 0 Å². The van der Waals surface area contributed by atoms with Crippen LogP contribution >= 0.6 is 0 Å². The number of amides is 2. The van der Waals surface area contributed by atoms with Crippen LogP contribution in [0.2, 0.25) is 0 Å². The van der Waals surface area contributed by atoms with E-state index >= 15 is 0 Å². The molecule has 0 spiro atoms. The fourth-order valence-corrected chi connectivity index (χ4v) is 6.86. The summed E-state index contributed by atoms with van der Waals surface area (Å²) in [5, 5.41) is 7.27. The van der Waals surface area contributed by atoms with Crippen molar-refractivity contribution in [1.82, 2.24) is 19.4 Å². The SMILES string of the molecule is CN1CCC(N(c2ccn(C)n2)S(=O)(=O)NC(=O)Nc2c3c(cc4c2CCC4)CCC3)CC1. The quantitative estimate of drug-likeness (QED) is 0.696. The van der Waals surface area contributed by atoms with Crippen LogP contribution in [0, 0.1) is 0 Å². The number of likely N-dealkylation sites (tertiary alicyclic amines) is 1. The number of urea groups is 1. The molecule has 1 aromatic carbocycles. The summed E-state index contributed by atoms with van der Waals surface area (Å²) in [6.07, 6.45) is 9.06. The minimum absolute atomic E-state index is 0.258. The number of aryl methyl sites for hydroxylation is 3. The number of hydrogen-bond acceptors (Lipinski definition) is 5. The van der Waals surface area contributed by atoms with Crippen molar-refractivity contribution in [3.8, 4) is 0 Å². The monoisotopic (exact) mass is 472 g/mol. The first-order valence-electron chi connectivity index (χ1n) is 11.8. The number of piperidine rings is 1. The summed E-state index contributed by atoms with van der Waals surface area (Å²) < 4.78 is 32.1. The first-order valence-corrected chi connectivity index (χ1v) is 13.2. The lowest BCUT2D eigenvalue weighted by Crippen LogP contribution is -2.53. The van der Waals surface area contributed by atoms with Crippen LogP contribution in [0.4, 0.5) is 16.3 Å². The van der Waals surface area contributed by atoms with E-state index in [4.69, 9.17) is 0 Å². The van der Waals surface area contributed by atoms with Gasteiger partial charge in [-0.15, -0.1) is 0 Å². The highest BCUT2D eigenvalue weighted by Crippen LogP contribution is 2.38. The van der Waals surface area contributed by atoms with E-state index in [0.717, 1.165) is 57.3 Å². The molecular formula is C23H32N6O3S. The van der Waals surface area contributed by atoms with Gasteiger partial charge in [0.2, 0.25) is 0 Å². The summed E-state index contributed by atoms with van der Waals surface area (Å²) in [6.45, 7) is 1.58. The number of nitrogens with one attached hydrogen (secondary N) is 2. The van der Waals surface area contributed by atoms with E-state index in [0.29, 0.717) is 18.7 Å². The highest BCUT2D eigenvalue weighted by atomic mass is 32.2. The van der Waals surface area contributed by atoms with Crippen molar-refractivity contribution < 1.29 is 13.2 Å².